The first-order chi connectivity index (χ1) is 7.45. The van der Waals surface area contributed by atoms with Gasteiger partial charge in [-0.15, -0.1) is 0 Å². The van der Waals surface area contributed by atoms with E-state index in [-0.39, 0.29) is 0 Å². The number of pyridine rings is 1. The summed E-state index contributed by atoms with van der Waals surface area (Å²) in [5.41, 5.74) is 1.99. The summed E-state index contributed by atoms with van der Waals surface area (Å²) in [6, 6.07) is 4.45. The van der Waals surface area contributed by atoms with Gasteiger partial charge in [0.2, 0.25) is 0 Å². The Hall–Kier alpha value is -1.42. The van der Waals surface area contributed by atoms with Crippen molar-refractivity contribution in [2.24, 2.45) is 0 Å². The Morgan fingerprint density at radius 1 is 1.40 bits per heavy atom. The lowest BCUT2D eigenvalue weighted by molar-refractivity contribution is 0.376. The Labute approximate surface area is 88.3 Å². The molecule has 0 bridgehead atoms. The summed E-state index contributed by atoms with van der Waals surface area (Å²) in [5, 5.41) is 3.41. The molecule has 0 unspecified atom stereocenters. The maximum absolute atomic E-state index is 4.39. The highest BCUT2D eigenvalue weighted by Gasteiger charge is 2.16. The minimum absolute atomic E-state index is 0.513. The molecule has 3 heterocycles. The average Bonchev–Trinajstić information content (AvgIpc) is 2.74. The monoisotopic (exact) mass is 202 g/mol. The number of hydrogen-bond acceptors (Lipinski definition) is 3. The van der Waals surface area contributed by atoms with Crippen LogP contribution < -0.4 is 5.32 Å². The molecule has 2 aromatic rings. The highest BCUT2D eigenvalue weighted by Crippen LogP contribution is 2.20. The minimum Gasteiger partial charge on any atom is -0.315 e. The topological polar surface area (TPSA) is 42.7 Å². The summed E-state index contributed by atoms with van der Waals surface area (Å²) in [6.07, 6.45) is 6.19. The van der Waals surface area contributed by atoms with E-state index in [1.54, 1.807) is 0 Å². The van der Waals surface area contributed by atoms with Crippen molar-refractivity contribution in [3.05, 3.63) is 24.7 Å². The maximum Gasteiger partial charge on any atom is 0.160 e. The lowest BCUT2D eigenvalue weighted by atomic mass is 10.1. The standard InChI is InChI=1S/C11H14N4/c1-3-9(7-12-5-1)15-8-14-10-4-2-6-13-11(10)15/h2,4,6,8-9,12H,1,3,5,7H2/t9-/m0/s1. The van der Waals surface area contributed by atoms with Crippen LogP contribution in [0, 0.1) is 0 Å². The third-order valence-corrected chi connectivity index (χ3v) is 3.00. The van der Waals surface area contributed by atoms with Gasteiger partial charge in [0.1, 0.15) is 5.52 Å². The Balaban J connectivity index is 2.02. The number of nitrogens with one attached hydrogen (secondary N) is 1. The van der Waals surface area contributed by atoms with Crippen molar-refractivity contribution in [1.29, 1.82) is 0 Å². The van der Waals surface area contributed by atoms with Crippen LogP contribution in [0.1, 0.15) is 18.9 Å². The Morgan fingerprint density at radius 3 is 3.27 bits per heavy atom. The van der Waals surface area contributed by atoms with E-state index in [1.165, 1.54) is 12.8 Å². The first kappa shape index (κ1) is 8.85. The second kappa shape index (κ2) is 3.62. The summed E-state index contributed by atoms with van der Waals surface area (Å²) in [5.74, 6) is 0. The number of hydrogen-bond donors (Lipinski definition) is 1. The van der Waals surface area contributed by atoms with Crippen LogP contribution in [-0.2, 0) is 0 Å². The molecule has 1 aliphatic rings. The van der Waals surface area contributed by atoms with E-state index in [9.17, 15) is 0 Å². The van der Waals surface area contributed by atoms with Crippen molar-refractivity contribution in [3.8, 4) is 0 Å². The molecule has 0 saturated carbocycles. The van der Waals surface area contributed by atoms with Gasteiger partial charge in [-0.05, 0) is 31.5 Å². The van der Waals surface area contributed by atoms with Gasteiger partial charge < -0.3 is 9.88 Å². The number of rotatable bonds is 1. The number of aromatic nitrogens is 3. The van der Waals surface area contributed by atoms with Crippen molar-refractivity contribution < 1.29 is 0 Å². The van der Waals surface area contributed by atoms with E-state index < -0.39 is 0 Å². The smallest absolute Gasteiger partial charge is 0.160 e. The summed E-state index contributed by atoms with van der Waals surface area (Å²) in [6.45, 7) is 2.17. The van der Waals surface area contributed by atoms with Gasteiger partial charge in [-0.2, -0.15) is 0 Å². The van der Waals surface area contributed by atoms with Crippen molar-refractivity contribution in [2.45, 2.75) is 18.9 Å². The van der Waals surface area contributed by atoms with Crippen LogP contribution >= 0.6 is 0 Å². The third kappa shape index (κ3) is 1.51. The highest BCUT2D eigenvalue weighted by molar-refractivity contribution is 5.70. The van der Waals surface area contributed by atoms with Gasteiger partial charge in [0.15, 0.2) is 5.65 Å². The number of nitrogens with zero attached hydrogens (tertiary/aromatic N) is 3. The molecular weight excluding hydrogens is 188 g/mol. The fourth-order valence-corrected chi connectivity index (χ4v) is 2.21. The summed E-state index contributed by atoms with van der Waals surface area (Å²) < 4.78 is 2.20. The third-order valence-electron chi connectivity index (χ3n) is 3.00. The molecule has 0 aromatic carbocycles. The van der Waals surface area contributed by atoms with Gasteiger partial charge in [0, 0.05) is 18.8 Å². The van der Waals surface area contributed by atoms with E-state index in [0.717, 1.165) is 24.3 Å². The first-order valence-electron chi connectivity index (χ1n) is 5.43. The fourth-order valence-electron chi connectivity index (χ4n) is 2.21. The Morgan fingerprint density at radius 2 is 2.40 bits per heavy atom. The van der Waals surface area contributed by atoms with Gasteiger partial charge in [0.05, 0.1) is 6.33 Å². The SMILES string of the molecule is c1cnc2c(c1)ncn2[C@H]1CCCNC1. The molecular formula is C11H14N4. The second-order valence-electron chi connectivity index (χ2n) is 4.00. The Kier molecular flexibility index (Phi) is 2.14. The predicted molar refractivity (Wildman–Crippen MR) is 58.7 cm³/mol. The molecule has 0 radical (unpaired) electrons. The molecule has 78 valence electrons. The largest absolute Gasteiger partial charge is 0.315 e. The molecule has 1 atom stereocenters. The van der Waals surface area contributed by atoms with Crippen molar-refractivity contribution >= 4 is 11.2 Å². The fraction of sp³-hybridized carbons (Fsp3) is 0.455. The lowest BCUT2D eigenvalue weighted by Gasteiger charge is -2.24. The summed E-state index contributed by atoms with van der Waals surface area (Å²) >= 11 is 0. The highest BCUT2D eigenvalue weighted by atomic mass is 15.1. The first-order valence-corrected chi connectivity index (χ1v) is 5.43. The zero-order chi connectivity index (χ0) is 10.1. The number of imidazole rings is 1. The van der Waals surface area contributed by atoms with E-state index in [0.29, 0.717) is 6.04 Å². The van der Waals surface area contributed by atoms with Crippen LogP contribution in [0.15, 0.2) is 24.7 Å². The molecule has 0 spiro atoms. The molecule has 3 rings (SSSR count). The quantitative estimate of drug-likeness (QED) is 0.759. The van der Waals surface area contributed by atoms with Gasteiger partial charge >= 0.3 is 0 Å². The van der Waals surface area contributed by atoms with Crippen LogP contribution in [-0.4, -0.2) is 27.6 Å². The second-order valence-corrected chi connectivity index (χ2v) is 4.00. The summed E-state index contributed by atoms with van der Waals surface area (Å²) in [7, 11) is 0. The lowest BCUT2D eigenvalue weighted by Crippen LogP contribution is -2.31. The molecule has 1 N–H and O–H groups in total. The Bertz CT molecular complexity index is 456. The molecule has 0 amide bonds. The molecule has 4 nitrogen and oxygen atoms in total. The van der Waals surface area contributed by atoms with Gasteiger partial charge in [0.25, 0.3) is 0 Å². The zero-order valence-corrected chi connectivity index (χ0v) is 8.56. The molecule has 1 aliphatic heterocycles. The minimum atomic E-state index is 0.513. The van der Waals surface area contributed by atoms with Crippen molar-refractivity contribution in [1.82, 2.24) is 19.9 Å². The van der Waals surface area contributed by atoms with E-state index in [1.807, 2.05) is 24.7 Å². The zero-order valence-electron chi connectivity index (χ0n) is 8.56. The number of piperidine rings is 1. The van der Waals surface area contributed by atoms with Crippen LogP contribution in [0.25, 0.3) is 11.2 Å². The molecule has 2 aromatic heterocycles. The van der Waals surface area contributed by atoms with Crippen LogP contribution in [0.3, 0.4) is 0 Å². The van der Waals surface area contributed by atoms with E-state index in [2.05, 4.69) is 19.9 Å². The van der Waals surface area contributed by atoms with Gasteiger partial charge in [-0.1, -0.05) is 0 Å². The molecule has 1 saturated heterocycles. The van der Waals surface area contributed by atoms with Crippen LogP contribution in [0.5, 0.6) is 0 Å². The van der Waals surface area contributed by atoms with Gasteiger partial charge in [-0.3, -0.25) is 0 Å². The van der Waals surface area contributed by atoms with Crippen LogP contribution in [0.2, 0.25) is 0 Å². The van der Waals surface area contributed by atoms with Gasteiger partial charge in [-0.25, -0.2) is 9.97 Å². The van der Waals surface area contributed by atoms with E-state index in [4.69, 9.17) is 0 Å². The predicted octanol–water partition coefficient (Wildman–Crippen LogP) is 1.36. The van der Waals surface area contributed by atoms with Crippen molar-refractivity contribution in [2.75, 3.05) is 13.1 Å². The normalized spacial score (nSPS) is 22.0. The van der Waals surface area contributed by atoms with Crippen LogP contribution in [0.4, 0.5) is 0 Å². The van der Waals surface area contributed by atoms with E-state index >= 15 is 0 Å². The van der Waals surface area contributed by atoms with Crippen molar-refractivity contribution in [3.63, 3.8) is 0 Å². The maximum atomic E-state index is 4.39. The molecule has 0 aliphatic carbocycles. The molecule has 4 heteroatoms. The summed E-state index contributed by atoms with van der Waals surface area (Å²) in [4.78, 5) is 8.76. The molecule has 15 heavy (non-hydrogen) atoms. The number of fused-ring (bicyclic) bond motifs is 1. The average molecular weight is 202 g/mol. The molecule has 1 fully saturated rings.